The summed E-state index contributed by atoms with van der Waals surface area (Å²) >= 11 is 1.57. The lowest BCUT2D eigenvalue weighted by atomic mass is 10.2. The summed E-state index contributed by atoms with van der Waals surface area (Å²) in [6, 6.07) is 0. The summed E-state index contributed by atoms with van der Waals surface area (Å²) in [6.45, 7) is 4.60. The SMILES string of the molecule is NCCc1nc(CC(=O)N2CCN(CCO)CC2)cs1. The Morgan fingerprint density at radius 1 is 1.40 bits per heavy atom. The van der Waals surface area contributed by atoms with Gasteiger partial charge in [0.05, 0.1) is 23.7 Å². The second-order valence-electron chi connectivity index (χ2n) is 4.89. The fourth-order valence-electron chi connectivity index (χ4n) is 2.30. The predicted molar refractivity (Wildman–Crippen MR) is 78.7 cm³/mol. The predicted octanol–water partition coefficient (Wildman–Crippen LogP) is -0.677. The van der Waals surface area contributed by atoms with E-state index in [0.717, 1.165) is 43.3 Å². The van der Waals surface area contributed by atoms with E-state index in [9.17, 15) is 4.79 Å². The number of hydrogen-bond acceptors (Lipinski definition) is 6. The fourth-order valence-corrected chi connectivity index (χ4v) is 3.11. The minimum atomic E-state index is 0.137. The molecular weight excluding hydrogens is 276 g/mol. The van der Waals surface area contributed by atoms with Crippen LogP contribution < -0.4 is 5.73 Å². The molecule has 7 heteroatoms. The number of carbonyl (C=O) groups is 1. The fraction of sp³-hybridized carbons (Fsp3) is 0.692. The van der Waals surface area contributed by atoms with Crippen LogP contribution in [0.1, 0.15) is 10.7 Å². The Morgan fingerprint density at radius 2 is 2.15 bits per heavy atom. The van der Waals surface area contributed by atoms with Gasteiger partial charge in [0.1, 0.15) is 0 Å². The summed E-state index contributed by atoms with van der Waals surface area (Å²) < 4.78 is 0. The van der Waals surface area contributed by atoms with Crippen molar-refractivity contribution in [1.29, 1.82) is 0 Å². The molecule has 0 spiro atoms. The number of hydrogen-bond donors (Lipinski definition) is 2. The van der Waals surface area contributed by atoms with Crippen LogP contribution in [-0.2, 0) is 17.6 Å². The van der Waals surface area contributed by atoms with Crippen molar-refractivity contribution in [2.75, 3.05) is 45.9 Å². The van der Waals surface area contributed by atoms with Crippen molar-refractivity contribution in [3.63, 3.8) is 0 Å². The third kappa shape index (κ3) is 4.24. The van der Waals surface area contributed by atoms with Gasteiger partial charge in [0.2, 0.25) is 5.91 Å². The zero-order valence-electron chi connectivity index (χ0n) is 11.6. The lowest BCUT2D eigenvalue weighted by molar-refractivity contribution is -0.132. The average molecular weight is 298 g/mol. The number of nitrogens with two attached hydrogens (primary N) is 1. The summed E-state index contributed by atoms with van der Waals surface area (Å²) in [5, 5.41) is 11.8. The maximum absolute atomic E-state index is 12.2. The Hall–Kier alpha value is -1.02. The highest BCUT2D eigenvalue weighted by atomic mass is 32.1. The van der Waals surface area contributed by atoms with Crippen LogP contribution in [0.4, 0.5) is 0 Å². The number of thiazole rings is 1. The van der Waals surface area contributed by atoms with Crippen LogP contribution in [0.25, 0.3) is 0 Å². The normalized spacial score (nSPS) is 16.6. The number of piperazine rings is 1. The molecular formula is C13H22N4O2S. The third-order valence-electron chi connectivity index (χ3n) is 3.43. The summed E-state index contributed by atoms with van der Waals surface area (Å²) in [6.07, 6.45) is 1.15. The first-order valence-electron chi connectivity index (χ1n) is 6.97. The Kier molecular flexibility index (Phi) is 5.90. The van der Waals surface area contributed by atoms with Gasteiger partial charge in [0, 0.05) is 44.5 Å². The number of rotatable bonds is 6. The Morgan fingerprint density at radius 3 is 2.80 bits per heavy atom. The molecule has 1 fully saturated rings. The Balaban J connectivity index is 1.80. The van der Waals surface area contributed by atoms with Crippen molar-refractivity contribution in [3.8, 4) is 0 Å². The molecule has 2 rings (SSSR count). The van der Waals surface area contributed by atoms with Crippen LogP contribution in [-0.4, -0.2) is 71.7 Å². The van der Waals surface area contributed by atoms with Gasteiger partial charge >= 0.3 is 0 Å². The molecule has 2 heterocycles. The molecule has 20 heavy (non-hydrogen) atoms. The maximum Gasteiger partial charge on any atom is 0.228 e. The van der Waals surface area contributed by atoms with Crippen molar-refractivity contribution in [1.82, 2.24) is 14.8 Å². The first-order chi connectivity index (χ1) is 9.72. The average Bonchev–Trinajstić information content (AvgIpc) is 2.88. The zero-order valence-corrected chi connectivity index (χ0v) is 12.4. The minimum absolute atomic E-state index is 0.137. The molecule has 1 aromatic heterocycles. The lowest BCUT2D eigenvalue weighted by Gasteiger charge is -2.34. The van der Waals surface area contributed by atoms with Gasteiger partial charge in [-0.1, -0.05) is 0 Å². The monoisotopic (exact) mass is 298 g/mol. The van der Waals surface area contributed by atoms with Gasteiger partial charge < -0.3 is 15.7 Å². The van der Waals surface area contributed by atoms with Gasteiger partial charge in [0.25, 0.3) is 0 Å². The van der Waals surface area contributed by atoms with Gasteiger partial charge in [-0.05, 0) is 6.54 Å². The molecule has 1 amide bonds. The number of amides is 1. The van der Waals surface area contributed by atoms with Crippen LogP contribution >= 0.6 is 11.3 Å². The van der Waals surface area contributed by atoms with Crippen molar-refractivity contribution >= 4 is 17.2 Å². The molecule has 0 atom stereocenters. The number of β-amino-alcohol motifs (C(OH)–C–C–N with tert-alkyl or cyclic N) is 1. The highest BCUT2D eigenvalue weighted by Crippen LogP contribution is 2.12. The number of aliphatic hydroxyl groups is 1. The van der Waals surface area contributed by atoms with Crippen LogP contribution in [0, 0.1) is 0 Å². The van der Waals surface area contributed by atoms with E-state index in [0.29, 0.717) is 19.5 Å². The van der Waals surface area contributed by atoms with Crippen LogP contribution in [0.2, 0.25) is 0 Å². The standard InChI is InChI=1S/C13H22N4O2S/c14-2-1-12-15-11(10-20-12)9-13(19)17-5-3-16(4-6-17)7-8-18/h10,18H,1-9,14H2. The highest BCUT2D eigenvalue weighted by Gasteiger charge is 2.21. The highest BCUT2D eigenvalue weighted by molar-refractivity contribution is 7.09. The number of nitrogens with zero attached hydrogens (tertiary/aromatic N) is 3. The van der Waals surface area contributed by atoms with Gasteiger partial charge in [-0.25, -0.2) is 4.98 Å². The zero-order chi connectivity index (χ0) is 14.4. The largest absolute Gasteiger partial charge is 0.395 e. The molecule has 0 radical (unpaired) electrons. The molecule has 6 nitrogen and oxygen atoms in total. The van der Waals surface area contributed by atoms with Crippen LogP contribution in [0.15, 0.2) is 5.38 Å². The van der Waals surface area contributed by atoms with E-state index < -0.39 is 0 Å². The van der Waals surface area contributed by atoms with Gasteiger partial charge in [0.15, 0.2) is 0 Å². The molecule has 3 N–H and O–H groups in total. The molecule has 1 saturated heterocycles. The molecule has 0 aliphatic carbocycles. The van der Waals surface area contributed by atoms with Gasteiger partial charge in [-0.3, -0.25) is 9.69 Å². The maximum atomic E-state index is 12.2. The molecule has 1 aromatic rings. The van der Waals surface area contributed by atoms with E-state index >= 15 is 0 Å². The van der Waals surface area contributed by atoms with E-state index in [1.807, 2.05) is 10.3 Å². The summed E-state index contributed by atoms with van der Waals surface area (Å²) in [5.41, 5.74) is 6.34. The minimum Gasteiger partial charge on any atom is -0.395 e. The van der Waals surface area contributed by atoms with Crippen molar-refractivity contribution < 1.29 is 9.90 Å². The van der Waals surface area contributed by atoms with Gasteiger partial charge in [-0.2, -0.15) is 0 Å². The second-order valence-corrected chi connectivity index (χ2v) is 5.84. The van der Waals surface area contributed by atoms with Crippen molar-refractivity contribution in [2.45, 2.75) is 12.8 Å². The quantitative estimate of drug-likeness (QED) is 0.727. The summed E-state index contributed by atoms with van der Waals surface area (Å²) in [4.78, 5) is 20.7. The summed E-state index contributed by atoms with van der Waals surface area (Å²) in [7, 11) is 0. The van der Waals surface area contributed by atoms with E-state index in [1.165, 1.54) is 0 Å². The second kappa shape index (κ2) is 7.68. The lowest BCUT2D eigenvalue weighted by Crippen LogP contribution is -2.49. The van der Waals surface area contributed by atoms with E-state index in [4.69, 9.17) is 10.8 Å². The van der Waals surface area contributed by atoms with E-state index in [1.54, 1.807) is 11.3 Å². The Bertz CT molecular complexity index is 430. The van der Waals surface area contributed by atoms with Crippen LogP contribution in [0.3, 0.4) is 0 Å². The smallest absolute Gasteiger partial charge is 0.228 e. The third-order valence-corrected chi connectivity index (χ3v) is 4.39. The van der Waals surface area contributed by atoms with E-state index in [-0.39, 0.29) is 12.5 Å². The van der Waals surface area contributed by atoms with Crippen LogP contribution in [0.5, 0.6) is 0 Å². The topological polar surface area (TPSA) is 82.7 Å². The molecule has 0 bridgehead atoms. The first kappa shape index (κ1) is 15.4. The van der Waals surface area contributed by atoms with Crippen molar-refractivity contribution in [3.05, 3.63) is 16.1 Å². The molecule has 112 valence electrons. The summed E-state index contributed by atoms with van der Waals surface area (Å²) in [5.74, 6) is 0.137. The van der Waals surface area contributed by atoms with Gasteiger partial charge in [-0.15, -0.1) is 11.3 Å². The number of carbonyl (C=O) groups excluding carboxylic acids is 1. The van der Waals surface area contributed by atoms with E-state index in [2.05, 4.69) is 9.88 Å². The first-order valence-corrected chi connectivity index (χ1v) is 7.85. The molecule has 0 unspecified atom stereocenters. The number of aromatic nitrogens is 1. The number of aliphatic hydroxyl groups excluding tert-OH is 1. The van der Waals surface area contributed by atoms with Crippen molar-refractivity contribution in [2.24, 2.45) is 5.73 Å². The molecule has 1 aliphatic rings. The Labute approximate surface area is 123 Å². The molecule has 1 aliphatic heterocycles. The molecule has 0 saturated carbocycles. The molecule has 0 aromatic carbocycles.